The van der Waals surface area contributed by atoms with E-state index in [2.05, 4.69) is 28.5 Å². The Morgan fingerprint density at radius 1 is 0.947 bits per heavy atom. The van der Waals surface area contributed by atoms with Crippen molar-refractivity contribution in [3.05, 3.63) is 35.0 Å². The number of rotatable bonds is 2. The van der Waals surface area contributed by atoms with Crippen molar-refractivity contribution in [2.24, 2.45) is 9.98 Å². The van der Waals surface area contributed by atoms with Crippen molar-refractivity contribution in [3.63, 3.8) is 0 Å². The normalized spacial score (nSPS) is 16.1. The standard InChI is InChI=1S/2C5H7N2OP.W/c2*6-5(8)3-1-4(9)7-2-3;/h2*2H,1,9H2,(H2,6,8);/q;;+2/p-2. The third-order valence-electron chi connectivity index (χ3n) is 2.10. The van der Waals surface area contributed by atoms with Gasteiger partial charge in [-0.05, 0) is 0 Å². The van der Waals surface area contributed by atoms with E-state index >= 15 is 0 Å². The van der Waals surface area contributed by atoms with Crippen LogP contribution >= 0.6 is 18.5 Å². The van der Waals surface area contributed by atoms with Crippen molar-refractivity contribution in [1.82, 2.24) is 0 Å². The fourth-order valence-electron chi connectivity index (χ4n) is 1.17. The topological polar surface area (TPSA) is 106 Å². The Bertz CT molecular complexity index is 466. The van der Waals surface area contributed by atoms with E-state index < -0.39 is 11.8 Å². The van der Waals surface area contributed by atoms with Crippen LogP contribution in [0.15, 0.2) is 33.5 Å². The van der Waals surface area contributed by atoms with Crippen LogP contribution in [-0.2, 0) is 30.7 Å². The van der Waals surface area contributed by atoms with Gasteiger partial charge in [0.1, 0.15) is 0 Å². The molecule has 2 aliphatic rings. The minimum Gasteiger partial charge on any atom is -0.664 e. The van der Waals surface area contributed by atoms with E-state index in [0.717, 1.165) is 10.9 Å². The van der Waals surface area contributed by atoms with Crippen LogP contribution in [0.4, 0.5) is 0 Å². The largest absolute Gasteiger partial charge is 2.00 e. The van der Waals surface area contributed by atoms with Gasteiger partial charge in [-0.2, -0.15) is 0 Å². The van der Waals surface area contributed by atoms with Gasteiger partial charge in [0, 0.05) is 47.3 Å². The quantitative estimate of drug-likeness (QED) is 0.583. The summed E-state index contributed by atoms with van der Waals surface area (Å²) in [5.74, 6) is -1.26. The van der Waals surface area contributed by atoms with E-state index in [4.69, 9.17) is 11.5 Å². The summed E-state index contributed by atoms with van der Waals surface area (Å²) in [6, 6.07) is 0. The molecule has 100 valence electrons. The van der Waals surface area contributed by atoms with Gasteiger partial charge in [-0.15, -0.1) is 0 Å². The number of nitrogens with one attached hydrogen (secondary N) is 2. The summed E-state index contributed by atoms with van der Waals surface area (Å²) in [5.41, 5.74) is 15.9. The second-order valence-corrected chi connectivity index (χ2v) is 4.89. The van der Waals surface area contributed by atoms with Gasteiger partial charge in [0.25, 0.3) is 0 Å². The predicted octanol–water partition coefficient (Wildman–Crippen LogP) is 2.25. The van der Waals surface area contributed by atoms with Crippen LogP contribution in [0.3, 0.4) is 0 Å². The molecule has 2 unspecified atom stereocenters. The first-order valence-corrected chi connectivity index (χ1v) is 6.10. The summed E-state index contributed by atoms with van der Waals surface area (Å²) < 4.78 is 0. The van der Waals surface area contributed by atoms with E-state index in [1.54, 1.807) is 0 Å². The van der Waals surface area contributed by atoms with Gasteiger partial charge in [0.05, 0.1) is 11.8 Å². The zero-order chi connectivity index (χ0) is 13.7. The number of hydrogen-bond donors (Lipinski definition) is 0. The molecular formula is C10H12N4O2P2W. The monoisotopic (exact) mass is 466 g/mol. The number of hydrogen-bond acceptors (Lipinski definition) is 4. The van der Waals surface area contributed by atoms with Gasteiger partial charge >= 0.3 is 21.1 Å². The smallest absolute Gasteiger partial charge is 0.664 e. The molecule has 0 spiro atoms. The first-order chi connectivity index (χ1) is 8.40. The molecule has 0 aromatic heterocycles. The molecule has 19 heavy (non-hydrogen) atoms. The first-order valence-electron chi connectivity index (χ1n) is 4.94. The molecule has 2 atom stereocenters. The summed E-state index contributed by atoms with van der Waals surface area (Å²) >= 11 is 0. The molecule has 2 rings (SSSR count). The zero-order valence-corrected chi connectivity index (χ0v) is 15.1. The second kappa shape index (κ2) is 8.47. The summed E-state index contributed by atoms with van der Waals surface area (Å²) in [6.07, 6.45) is 3.93. The predicted molar refractivity (Wildman–Crippen MR) is 78.3 cm³/mol. The molecule has 0 aromatic rings. The summed E-state index contributed by atoms with van der Waals surface area (Å²) in [6.45, 7) is 0. The molecule has 6 nitrogen and oxygen atoms in total. The van der Waals surface area contributed by atoms with Crippen LogP contribution in [-0.4, -0.2) is 22.7 Å². The van der Waals surface area contributed by atoms with Gasteiger partial charge in [0.15, 0.2) is 0 Å². The van der Waals surface area contributed by atoms with Crippen LogP contribution < -0.4 is 0 Å². The van der Waals surface area contributed by atoms with Crippen LogP contribution in [0, 0.1) is 0 Å². The summed E-state index contributed by atoms with van der Waals surface area (Å²) in [4.78, 5) is 28.2. The Labute approximate surface area is 129 Å². The van der Waals surface area contributed by atoms with Crippen LogP contribution in [0.1, 0.15) is 12.8 Å². The van der Waals surface area contributed by atoms with Crippen LogP contribution in [0.5, 0.6) is 0 Å². The van der Waals surface area contributed by atoms with Crippen LogP contribution in [0.2, 0.25) is 0 Å². The molecule has 0 saturated carbocycles. The molecule has 9 heteroatoms. The Morgan fingerprint density at radius 3 is 1.37 bits per heavy atom. The molecule has 0 aromatic carbocycles. The van der Waals surface area contributed by atoms with Gasteiger partial charge in [-0.1, -0.05) is 18.5 Å². The van der Waals surface area contributed by atoms with Crippen molar-refractivity contribution >= 4 is 41.2 Å². The van der Waals surface area contributed by atoms with Gasteiger partial charge in [0.2, 0.25) is 0 Å². The molecule has 0 bridgehead atoms. The summed E-state index contributed by atoms with van der Waals surface area (Å²) in [5, 5.41) is 0. The Hall–Kier alpha value is -0.692. The van der Waals surface area contributed by atoms with Crippen molar-refractivity contribution in [1.29, 1.82) is 0 Å². The second-order valence-electron chi connectivity index (χ2n) is 3.56. The molecular weight excluding hydrogens is 454 g/mol. The molecule has 0 fully saturated rings. The SMILES string of the molecule is [NH-]C(=O)C1=CN=C(P)C1.[NH-]C(=O)C1=CN=C(P)C1.[W+2]. The molecule has 0 aliphatic carbocycles. The van der Waals surface area contributed by atoms with Gasteiger partial charge in [-0.3, -0.25) is 9.98 Å². The number of carbonyl (C=O) groups is 2. The number of carbonyl (C=O) groups excluding carboxylic acids is 2. The van der Waals surface area contributed by atoms with Crippen molar-refractivity contribution < 1.29 is 30.7 Å². The third-order valence-corrected chi connectivity index (χ3v) is 2.81. The maximum Gasteiger partial charge on any atom is 2.00 e. The number of aliphatic imine (C=N–C) groups is 2. The molecule has 2 heterocycles. The maximum atomic E-state index is 10.3. The van der Waals surface area contributed by atoms with E-state index in [-0.39, 0.29) is 21.1 Å². The zero-order valence-electron chi connectivity index (χ0n) is 9.84. The van der Waals surface area contributed by atoms with Crippen LogP contribution in [0.25, 0.3) is 11.5 Å². The average Bonchev–Trinajstić information content (AvgIpc) is 2.88. The molecule has 0 saturated heterocycles. The van der Waals surface area contributed by atoms with Crippen molar-refractivity contribution in [2.75, 3.05) is 0 Å². The molecule has 2 aliphatic heterocycles. The van der Waals surface area contributed by atoms with Gasteiger partial charge in [-0.25, -0.2) is 0 Å². The third kappa shape index (κ3) is 6.33. The van der Waals surface area contributed by atoms with E-state index in [9.17, 15) is 9.59 Å². The Balaban J connectivity index is 0.000000324. The van der Waals surface area contributed by atoms with E-state index in [0.29, 0.717) is 24.0 Å². The van der Waals surface area contributed by atoms with Crippen molar-refractivity contribution in [3.8, 4) is 0 Å². The molecule has 2 amide bonds. The first kappa shape index (κ1) is 18.3. The Morgan fingerprint density at radius 2 is 1.26 bits per heavy atom. The fraction of sp³-hybridized carbons (Fsp3) is 0.200. The van der Waals surface area contributed by atoms with Gasteiger partial charge < -0.3 is 21.1 Å². The molecule has 0 radical (unpaired) electrons. The minimum atomic E-state index is -0.629. The van der Waals surface area contributed by atoms with E-state index in [1.165, 1.54) is 12.4 Å². The molecule has 2 N–H and O–H groups in total. The Kier molecular flexibility index (Phi) is 8.16. The fourth-order valence-corrected chi connectivity index (χ4v) is 1.76. The minimum absolute atomic E-state index is 0. The number of nitrogens with zero attached hydrogens (tertiary/aromatic N) is 2. The summed E-state index contributed by atoms with van der Waals surface area (Å²) in [7, 11) is 4.81. The van der Waals surface area contributed by atoms with Crippen molar-refractivity contribution in [2.45, 2.75) is 12.8 Å². The van der Waals surface area contributed by atoms with E-state index in [1.807, 2.05) is 0 Å². The number of amides is 2. The maximum absolute atomic E-state index is 10.3. The average molecular weight is 466 g/mol.